The van der Waals surface area contributed by atoms with Crippen LogP contribution in [-0.2, 0) is 13.2 Å². The van der Waals surface area contributed by atoms with E-state index in [0.717, 1.165) is 13.0 Å². The summed E-state index contributed by atoms with van der Waals surface area (Å²) in [6.07, 6.45) is 4.85. The topological polar surface area (TPSA) is 61.8 Å². The van der Waals surface area contributed by atoms with Crippen LogP contribution in [0.1, 0.15) is 18.5 Å². The number of aliphatic hydroxyl groups excluding tert-OH is 1. The van der Waals surface area contributed by atoms with Gasteiger partial charge >= 0.3 is 0 Å². The van der Waals surface area contributed by atoms with Crippen LogP contribution in [0.4, 0.5) is 0 Å². The number of rotatable bonds is 4. The van der Waals surface area contributed by atoms with E-state index in [-0.39, 0.29) is 6.61 Å². The van der Waals surface area contributed by atoms with E-state index in [0.29, 0.717) is 12.1 Å². The fraction of sp³-hybridized carbons (Fsp3) is 0.500. The van der Waals surface area contributed by atoms with Crippen LogP contribution in [0.25, 0.3) is 0 Å². The minimum absolute atomic E-state index is 0.0226. The lowest BCUT2D eigenvalue weighted by molar-refractivity contribution is 0.277. The van der Waals surface area contributed by atoms with Crippen molar-refractivity contribution in [2.75, 3.05) is 0 Å². The van der Waals surface area contributed by atoms with Crippen molar-refractivity contribution in [3.8, 4) is 6.07 Å². The second-order valence-electron chi connectivity index (χ2n) is 2.52. The Morgan fingerprint density at radius 1 is 1.67 bits per heavy atom. The Hall–Kier alpha value is -1.34. The predicted molar refractivity (Wildman–Crippen MR) is 43.0 cm³/mol. The number of hydrogen-bond acceptors (Lipinski definition) is 3. The van der Waals surface area contributed by atoms with Gasteiger partial charge < -0.3 is 9.67 Å². The van der Waals surface area contributed by atoms with Gasteiger partial charge in [0.05, 0.1) is 24.7 Å². The van der Waals surface area contributed by atoms with Gasteiger partial charge in [0.2, 0.25) is 0 Å². The van der Waals surface area contributed by atoms with Gasteiger partial charge in [0, 0.05) is 19.2 Å². The van der Waals surface area contributed by atoms with Crippen LogP contribution in [-0.4, -0.2) is 14.7 Å². The molecule has 0 radical (unpaired) electrons. The van der Waals surface area contributed by atoms with Crippen molar-refractivity contribution in [3.63, 3.8) is 0 Å². The van der Waals surface area contributed by atoms with Crippen LogP contribution in [0, 0.1) is 11.3 Å². The zero-order valence-corrected chi connectivity index (χ0v) is 6.77. The smallest absolute Gasteiger partial charge is 0.0950 e. The fourth-order valence-corrected chi connectivity index (χ4v) is 0.951. The SMILES string of the molecule is N#CCCCn1cnc(CO)c1. The van der Waals surface area contributed by atoms with Crippen molar-refractivity contribution >= 4 is 0 Å². The molecule has 0 fully saturated rings. The van der Waals surface area contributed by atoms with Crippen LogP contribution < -0.4 is 0 Å². The van der Waals surface area contributed by atoms with Gasteiger partial charge in [0.15, 0.2) is 0 Å². The lowest BCUT2D eigenvalue weighted by Crippen LogP contribution is -1.93. The third kappa shape index (κ3) is 2.36. The Morgan fingerprint density at radius 3 is 3.08 bits per heavy atom. The van der Waals surface area contributed by atoms with Gasteiger partial charge in [0.25, 0.3) is 0 Å². The average Bonchev–Trinajstić information content (AvgIpc) is 2.53. The maximum Gasteiger partial charge on any atom is 0.0950 e. The highest BCUT2D eigenvalue weighted by molar-refractivity contribution is 4.94. The molecule has 0 aliphatic rings. The second-order valence-corrected chi connectivity index (χ2v) is 2.52. The number of aliphatic hydroxyl groups is 1. The third-order valence-corrected chi connectivity index (χ3v) is 1.55. The summed E-state index contributed by atoms with van der Waals surface area (Å²) in [5.74, 6) is 0. The van der Waals surface area contributed by atoms with Crippen LogP contribution in [0.3, 0.4) is 0 Å². The molecular formula is C8H11N3O. The van der Waals surface area contributed by atoms with Crippen LogP contribution in [0.2, 0.25) is 0 Å². The van der Waals surface area contributed by atoms with E-state index in [4.69, 9.17) is 10.4 Å². The Labute approximate surface area is 71.1 Å². The molecule has 0 aromatic carbocycles. The Kier molecular flexibility index (Phi) is 3.30. The molecule has 1 aromatic heterocycles. The molecule has 0 atom stereocenters. The summed E-state index contributed by atoms with van der Waals surface area (Å²) >= 11 is 0. The second kappa shape index (κ2) is 4.52. The predicted octanol–water partition coefficient (Wildman–Crippen LogP) is 0.679. The highest BCUT2D eigenvalue weighted by Gasteiger charge is 1.95. The molecule has 64 valence electrons. The molecule has 1 rings (SSSR count). The third-order valence-electron chi connectivity index (χ3n) is 1.55. The first-order valence-corrected chi connectivity index (χ1v) is 3.85. The van der Waals surface area contributed by atoms with E-state index in [1.54, 1.807) is 12.5 Å². The number of hydrogen-bond donors (Lipinski definition) is 1. The van der Waals surface area contributed by atoms with Gasteiger partial charge in [0.1, 0.15) is 0 Å². The summed E-state index contributed by atoms with van der Waals surface area (Å²) in [6, 6.07) is 2.08. The summed E-state index contributed by atoms with van der Waals surface area (Å²) in [4.78, 5) is 3.94. The number of aromatic nitrogens is 2. The zero-order valence-electron chi connectivity index (χ0n) is 6.77. The average molecular weight is 165 g/mol. The molecule has 0 spiro atoms. The molecule has 0 saturated carbocycles. The fourth-order valence-electron chi connectivity index (χ4n) is 0.951. The van der Waals surface area contributed by atoms with Crippen molar-refractivity contribution in [2.24, 2.45) is 0 Å². The van der Waals surface area contributed by atoms with E-state index in [1.165, 1.54) is 0 Å². The molecule has 1 N–H and O–H groups in total. The molecule has 4 heteroatoms. The lowest BCUT2D eigenvalue weighted by Gasteiger charge is -1.96. The lowest BCUT2D eigenvalue weighted by atomic mass is 10.3. The van der Waals surface area contributed by atoms with Crippen LogP contribution in [0.15, 0.2) is 12.5 Å². The van der Waals surface area contributed by atoms with E-state index in [1.807, 2.05) is 4.57 Å². The minimum atomic E-state index is -0.0226. The summed E-state index contributed by atoms with van der Waals surface area (Å²) in [5.41, 5.74) is 0.673. The monoisotopic (exact) mass is 165 g/mol. The zero-order chi connectivity index (χ0) is 8.81. The first-order chi connectivity index (χ1) is 5.86. The number of nitriles is 1. The molecule has 0 unspecified atom stereocenters. The van der Waals surface area contributed by atoms with Gasteiger partial charge in [-0.25, -0.2) is 4.98 Å². The van der Waals surface area contributed by atoms with E-state index in [9.17, 15) is 0 Å². The molecule has 0 aliphatic carbocycles. The number of unbranched alkanes of at least 4 members (excludes halogenated alkanes) is 1. The van der Waals surface area contributed by atoms with Crippen molar-refractivity contribution in [2.45, 2.75) is 26.0 Å². The molecule has 1 heterocycles. The number of nitrogens with zero attached hydrogens (tertiary/aromatic N) is 3. The van der Waals surface area contributed by atoms with Crippen LogP contribution >= 0.6 is 0 Å². The number of imidazole rings is 1. The van der Waals surface area contributed by atoms with E-state index in [2.05, 4.69) is 11.1 Å². The van der Waals surface area contributed by atoms with Gasteiger partial charge in [-0.15, -0.1) is 0 Å². The van der Waals surface area contributed by atoms with Gasteiger partial charge in [-0.2, -0.15) is 5.26 Å². The largest absolute Gasteiger partial charge is 0.390 e. The summed E-state index contributed by atoms with van der Waals surface area (Å²) in [5, 5.41) is 17.0. The van der Waals surface area contributed by atoms with Crippen molar-refractivity contribution < 1.29 is 5.11 Å². The van der Waals surface area contributed by atoms with Crippen LogP contribution in [0.5, 0.6) is 0 Å². The van der Waals surface area contributed by atoms with Gasteiger partial charge in [-0.3, -0.25) is 0 Å². The van der Waals surface area contributed by atoms with Crippen molar-refractivity contribution in [3.05, 3.63) is 18.2 Å². The highest BCUT2D eigenvalue weighted by atomic mass is 16.3. The van der Waals surface area contributed by atoms with Gasteiger partial charge in [-0.1, -0.05) is 0 Å². The first-order valence-electron chi connectivity index (χ1n) is 3.85. The van der Waals surface area contributed by atoms with E-state index < -0.39 is 0 Å². The summed E-state index contributed by atoms with van der Waals surface area (Å²) in [6.45, 7) is 0.770. The summed E-state index contributed by atoms with van der Waals surface area (Å²) < 4.78 is 1.88. The first kappa shape index (κ1) is 8.75. The molecular weight excluding hydrogens is 154 g/mol. The molecule has 4 nitrogen and oxygen atoms in total. The standard InChI is InChI=1S/C8H11N3O/c9-3-1-2-4-11-5-8(6-12)10-7-11/h5,7,12H,1-2,4,6H2. The number of aryl methyl sites for hydroxylation is 1. The molecule has 1 aromatic rings. The minimum Gasteiger partial charge on any atom is -0.390 e. The Morgan fingerprint density at radius 2 is 2.50 bits per heavy atom. The quantitative estimate of drug-likeness (QED) is 0.667. The molecule has 0 bridgehead atoms. The maximum absolute atomic E-state index is 8.69. The molecule has 0 saturated heterocycles. The molecule has 12 heavy (non-hydrogen) atoms. The normalized spacial score (nSPS) is 9.67. The molecule has 0 amide bonds. The highest BCUT2D eigenvalue weighted by Crippen LogP contribution is 1.98. The Balaban J connectivity index is 2.37. The van der Waals surface area contributed by atoms with Gasteiger partial charge in [-0.05, 0) is 6.42 Å². The Bertz CT molecular complexity index is 274. The summed E-state index contributed by atoms with van der Waals surface area (Å²) in [7, 11) is 0. The van der Waals surface area contributed by atoms with Crippen molar-refractivity contribution in [1.29, 1.82) is 5.26 Å². The van der Waals surface area contributed by atoms with Crippen molar-refractivity contribution in [1.82, 2.24) is 9.55 Å². The molecule has 0 aliphatic heterocycles. The maximum atomic E-state index is 8.69. The van der Waals surface area contributed by atoms with E-state index >= 15 is 0 Å².